The van der Waals surface area contributed by atoms with Gasteiger partial charge in [0.2, 0.25) is 0 Å². The molecule has 6 heteroatoms. The molecule has 110 valence electrons. The number of nitrogens with one attached hydrogen (secondary N) is 2. The van der Waals surface area contributed by atoms with Crippen molar-refractivity contribution in [2.45, 2.75) is 6.92 Å². The molecule has 0 aliphatic rings. The Morgan fingerprint density at radius 3 is 2.86 bits per heavy atom. The van der Waals surface area contributed by atoms with Crippen LogP contribution in [0.4, 0.5) is 11.5 Å². The van der Waals surface area contributed by atoms with E-state index in [9.17, 15) is 4.79 Å². The monoisotopic (exact) mass is 349 g/mol. The first kappa shape index (κ1) is 15.3. The summed E-state index contributed by atoms with van der Waals surface area (Å²) in [7, 11) is 1.58. The van der Waals surface area contributed by atoms with Crippen LogP contribution in [0.2, 0.25) is 0 Å². The van der Waals surface area contributed by atoms with Gasteiger partial charge in [0.05, 0.1) is 7.11 Å². The van der Waals surface area contributed by atoms with Crippen LogP contribution in [0.3, 0.4) is 0 Å². The highest BCUT2D eigenvalue weighted by Crippen LogP contribution is 2.25. The van der Waals surface area contributed by atoms with Gasteiger partial charge in [-0.3, -0.25) is 4.79 Å². The molecule has 5 nitrogen and oxygen atoms in total. The molecule has 1 aromatic heterocycles. The zero-order chi connectivity index (χ0) is 15.2. The fourth-order valence-electron chi connectivity index (χ4n) is 1.81. The zero-order valence-corrected chi connectivity index (χ0v) is 13.4. The molecule has 0 bridgehead atoms. The van der Waals surface area contributed by atoms with Gasteiger partial charge in [-0.1, -0.05) is 15.9 Å². The van der Waals surface area contributed by atoms with Crippen LogP contribution in [0.15, 0.2) is 41.0 Å². The number of benzene rings is 1. The average Bonchev–Trinajstić information content (AvgIpc) is 2.47. The molecule has 0 aliphatic carbocycles. The number of aromatic nitrogens is 1. The molecule has 2 N–H and O–H groups in total. The van der Waals surface area contributed by atoms with Gasteiger partial charge < -0.3 is 15.4 Å². The number of hydrogen-bond donors (Lipinski definition) is 2. The highest BCUT2D eigenvalue weighted by Gasteiger charge is 2.08. The third-order valence-corrected chi connectivity index (χ3v) is 3.20. The van der Waals surface area contributed by atoms with E-state index in [-0.39, 0.29) is 5.91 Å². The van der Waals surface area contributed by atoms with Crippen LogP contribution in [0, 0.1) is 0 Å². The summed E-state index contributed by atoms with van der Waals surface area (Å²) in [6, 6.07) is 8.78. The van der Waals surface area contributed by atoms with Gasteiger partial charge in [0.25, 0.3) is 5.91 Å². The van der Waals surface area contributed by atoms with E-state index < -0.39 is 0 Å². The molecular formula is C15H16BrN3O2. The summed E-state index contributed by atoms with van der Waals surface area (Å²) in [5.41, 5.74) is 1.20. The molecule has 1 amide bonds. The first-order valence-electron chi connectivity index (χ1n) is 6.48. The molecule has 0 spiro atoms. The number of nitrogens with zero attached hydrogens (tertiary/aromatic N) is 1. The van der Waals surface area contributed by atoms with E-state index in [1.807, 2.05) is 19.1 Å². The van der Waals surface area contributed by atoms with Crippen molar-refractivity contribution in [3.05, 3.63) is 46.6 Å². The zero-order valence-electron chi connectivity index (χ0n) is 11.8. The number of amides is 1. The molecule has 1 heterocycles. The lowest BCUT2D eigenvalue weighted by atomic mass is 10.2. The molecule has 0 saturated heterocycles. The van der Waals surface area contributed by atoms with Crippen molar-refractivity contribution in [3.8, 4) is 5.75 Å². The average molecular weight is 350 g/mol. The van der Waals surface area contributed by atoms with Crippen LogP contribution >= 0.6 is 15.9 Å². The summed E-state index contributed by atoms with van der Waals surface area (Å²) < 4.78 is 6.01. The molecular weight excluding hydrogens is 334 g/mol. The Bertz CT molecular complexity index is 647. The largest absolute Gasteiger partial charge is 0.497 e. The van der Waals surface area contributed by atoms with Crippen LogP contribution in [-0.4, -0.2) is 24.5 Å². The lowest BCUT2D eigenvalue weighted by Gasteiger charge is -2.09. The smallest absolute Gasteiger partial charge is 0.255 e. The van der Waals surface area contributed by atoms with Gasteiger partial charge in [-0.2, -0.15) is 0 Å². The molecule has 0 saturated carbocycles. The van der Waals surface area contributed by atoms with Crippen LogP contribution in [0.5, 0.6) is 5.75 Å². The summed E-state index contributed by atoms with van der Waals surface area (Å²) in [4.78, 5) is 16.4. The number of pyridine rings is 1. The Balaban J connectivity index is 2.17. The molecule has 1 aromatic carbocycles. The molecule has 0 aliphatic heterocycles. The van der Waals surface area contributed by atoms with Crippen molar-refractivity contribution < 1.29 is 9.53 Å². The Morgan fingerprint density at radius 2 is 2.14 bits per heavy atom. The summed E-state index contributed by atoms with van der Waals surface area (Å²) in [5.74, 6) is 1.15. The van der Waals surface area contributed by atoms with E-state index in [4.69, 9.17) is 4.74 Å². The maximum Gasteiger partial charge on any atom is 0.255 e. The van der Waals surface area contributed by atoms with Gasteiger partial charge in [0, 0.05) is 34.5 Å². The second-order valence-corrected chi connectivity index (χ2v) is 5.21. The number of methoxy groups -OCH3 is 1. The Hall–Kier alpha value is -2.08. The van der Waals surface area contributed by atoms with Crippen molar-refractivity contribution in [1.29, 1.82) is 0 Å². The summed E-state index contributed by atoms with van der Waals surface area (Å²) in [6.45, 7) is 2.73. The van der Waals surface area contributed by atoms with Gasteiger partial charge in [-0.15, -0.1) is 0 Å². The van der Waals surface area contributed by atoms with Crippen LogP contribution in [0.1, 0.15) is 17.3 Å². The predicted molar refractivity (Wildman–Crippen MR) is 87.0 cm³/mol. The van der Waals surface area contributed by atoms with Crippen molar-refractivity contribution in [3.63, 3.8) is 0 Å². The van der Waals surface area contributed by atoms with E-state index >= 15 is 0 Å². The SMILES string of the molecule is CCNc1cc(C(=O)Nc2cc(Br)cc(OC)c2)ccn1. The lowest BCUT2D eigenvalue weighted by molar-refractivity contribution is 0.102. The topological polar surface area (TPSA) is 63.2 Å². The molecule has 0 fully saturated rings. The lowest BCUT2D eigenvalue weighted by Crippen LogP contribution is -2.13. The first-order chi connectivity index (χ1) is 10.1. The minimum atomic E-state index is -0.197. The predicted octanol–water partition coefficient (Wildman–Crippen LogP) is 3.54. The minimum absolute atomic E-state index is 0.197. The molecule has 0 unspecified atom stereocenters. The Labute approximate surface area is 131 Å². The first-order valence-corrected chi connectivity index (χ1v) is 7.27. The van der Waals surface area contributed by atoms with E-state index in [2.05, 4.69) is 31.5 Å². The summed E-state index contributed by atoms with van der Waals surface area (Å²) >= 11 is 3.38. The Kier molecular flexibility index (Phi) is 5.16. The van der Waals surface area contributed by atoms with Gasteiger partial charge in [0.1, 0.15) is 11.6 Å². The molecule has 2 rings (SSSR count). The fraction of sp³-hybridized carbons (Fsp3) is 0.200. The van der Waals surface area contributed by atoms with Crippen molar-refractivity contribution in [1.82, 2.24) is 4.98 Å². The third kappa shape index (κ3) is 4.19. The van der Waals surface area contributed by atoms with Crippen LogP contribution < -0.4 is 15.4 Å². The molecule has 21 heavy (non-hydrogen) atoms. The van der Waals surface area contributed by atoms with Crippen molar-refractivity contribution in [2.75, 3.05) is 24.3 Å². The number of hydrogen-bond acceptors (Lipinski definition) is 4. The number of anilines is 2. The summed E-state index contributed by atoms with van der Waals surface area (Å²) in [5, 5.41) is 5.91. The van der Waals surface area contributed by atoms with Crippen molar-refractivity contribution >= 4 is 33.3 Å². The standard InChI is InChI=1S/C15H16BrN3O2/c1-3-17-14-6-10(4-5-18-14)15(20)19-12-7-11(16)8-13(9-12)21-2/h4-9H,3H2,1-2H3,(H,17,18)(H,19,20). The second kappa shape index (κ2) is 7.08. The number of ether oxygens (including phenoxy) is 1. The van der Waals surface area contributed by atoms with Gasteiger partial charge >= 0.3 is 0 Å². The maximum atomic E-state index is 12.3. The van der Waals surface area contributed by atoms with Gasteiger partial charge in [-0.05, 0) is 31.2 Å². The number of halogens is 1. The highest BCUT2D eigenvalue weighted by atomic mass is 79.9. The quantitative estimate of drug-likeness (QED) is 0.866. The third-order valence-electron chi connectivity index (χ3n) is 2.74. The van der Waals surface area contributed by atoms with Crippen molar-refractivity contribution in [2.24, 2.45) is 0 Å². The second-order valence-electron chi connectivity index (χ2n) is 4.29. The number of rotatable bonds is 5. The minimum Gasteiger partial charge on any atom is -0.497 e. The van der Waals surface area contributed by atoms with E-state index in [0.717, 1.165) is 11.0 Å². The normalized spacial score (nSPS) is 10.0. The summed E-state index contributed by atoms with van der Waals surface area (Å²) in [6.07, 6.45) is 1.61. The highest BCUT2D eigenvalue weighted by molar-refractivity contribution is 9.10. The van der Waals surface area contributed by atoms with E-state index in [0.29, 0.717) is 22.8 Å². The van der Waals surface area contributed by atoms with Crippen LogP contribution in [-0.2, 0) is 0 Å². The molecule has 0 atom stereocenters. The Morgan fingerprint density at radius 1 is 1.33 bits per heavy atom. The van der Waals surface area contributed by atoms with Gasteiger partial charge in [-0.25, -0.2) is 4.98 Å². The van der Waals surface area contributed by atoms with E-state index in [1.165, 1.54) is 0 Å². The van der Waals surface area contributed by atoms with Gasteiger partial charge in [0.15, 0.2) is 0 Å². The fourth-order valence-corrected chi connectivity index (χ4v) is 2.28. The molecule has 0 radical (unpaired) electrons. The number of carbonyl (C=O) groups is 1. The van der Waals surface area contributed by atoms with Crippen LogP contribution in [0.25, 0.3) is 0 Å². The molecule has 2 aromatic rings. The maximum absolute atomic E-state index is 12.3. The number of carbonyl (C=O) groups excluding carboxylic acids is 1. The van der Waals surface area contributed by atoms with E-state index in [1.54, 1.807) is 31.5 Å².